The number of nitrogens with zero attached hydrogens (tertiary/aromatic N) is 2. The lowest BCUT2D eigenvalue weighted by Gasteiger charge is -2.35. The van der Waals surface area contributed by atoms with Gasteiger partial charge in [0, 0.05) is 54.5 Å². The van der Waals surface area contributed by atoms with E-state index in [4.69, 9.17) is 0 Å². The third kappa shape index (κ3) is 4.20. The van der Waals surface area contributed by atoms with E-state index in [-0.39, 0.29) is 5.91 Å². The number of hydrogen-bond acceptors (Lipinski definition) is 2. The number of nitrogens with one attached hydrogen (secondary N) is 1. The Morgan fingerprint density at radius 2 is 1.65 bits per heavy atom. The van der Waals surface area contributed by atoms with Gasteiger partial charge in [-0.3, -0.25) is 4.79 Å². The number of amides is 1. The molecule has 4 nitrogen and oxygen atoms in total. The van der Waals surface area contributed by atoms with Crippen molar-refractivity contribution < 1.29 is 9.78 Å². The highest BCUT2D eigenvalue weighted by Gasteiger charge is 2.19. The van der Waals surface area contributed by atoms with Crippen molar-refractivity contribution in [3.05, 3.63) is 64.9 Å². The summed E-state index contributed by atoms with van der Waals surface area (Å²) in [6.45, 7) is 3.23. The van der Waals surface area contributed by atoms with Crippen LogP contribution in [0.5, 0.6) is 0 Å². The first kappa shape index (κ1) is 15.7. The van der Waals surface area contributed by atoms with Crippen molar-refractivity contribution in [2.75, 3.05) is 31.1 Å². The number of H-pyrrole nitrogens is 1. The van der Waals surface area contributed by atoms with Gasteiger partial charge in [-0.15, -0.1) is 0 Å². The van der Waals surface area contributed by atoms with Crippen molar-refractivity contribution in [1.29, 1.82) is 0 Å². The summed E-state index contributed by atoms with van der Waals surface area (Å²) in [6.07, 6.45) is 7.38. The van der Waals surface area contributed by atoms with Gasteiger partial charge in [-0.2, -0.15) is 0 Å². The summed E-state index contributed by atoms with van der Waals surface area (Å²) < 4.78 is 1.04. The fraction of sp³-hybridized carbons (Fsp3) is 0.222. The number of halogens is 1. The smallest absolute Gasteiger partial charge is 0.246 e. The van der Waals surface area contributed by atoms with Gasteiger partial charge >= 0.3 is 0 Å². The third-order valence-electron chi connectivity index (χ3n) is 3.95. The Labute approximate surface area is 144 Å². The van der Waals surface area contributed by atoms with Gasteiger partial charge in [0.1, 0.15) is 0 Å². The SMILES string of the molecule is O=C(/C=C/c1ccc(Br)cc1)N1CCN(c2cc[nH+]cc2)CC1. The van der Waals surface area contributed by atoms with Gasteiger partial charge < -0.3 is 9.80 Å². The monoisotopic (exact) mass is 372 g/mol. The van der Waals surface area contributed by atoms with E-state index in [9.17, 15) is 4.79 Å². The molecule has 1 aliphatic heterocycles. The highest BCUT2D eigenvalue weighted by Crippen LogP contribution is 2.15. The van der Waals surface area contributed by atoms with E-state index < -0.39 is 0 Å². The molecule has 5 heteroatoms. The summed E-state index contributed by atoms with van der Waals surface area (Å²) >= 11 is 3.41. The molecule has 0 bridgehead atoms. The number of rotatable bonds is 3. The van der Waals surface area contributed by atoms with E-state index in [2.05, 4.69) is 37.9 Å². The predicted molar refractivity (Wildman–Crippen MR) is 95.0 cm³/mol. The molecule has 2 aromatic rings. The fourth-order valence-corrected chi connectivity index (χ4v) is 2.89. The highest BCUT2D eigenvalue weighted by atomic mass is 79.9. The topological polar surface area (TPSA) is 37.7 Å². The number of pyridine rings is 1. The Bertz CT molecular complexity index is 677. The van der Waals surface area contributed by atoms with E-state index in [0.717, 1.165) is 36.2 Å². The quantitative estimate of drug-likeness (QED) is 0.776. The van der Waals surface area contributed by atoms with Crippen LogP contribution in [0.1, 0.15) is 5.56 Å². The molecule has 0 atom stereocenters. The third-order valence-corrected chi connectivity index (χ3v) is 4.47. The van der Waals surface area contributed by atoms with Gasteiger partial charge in [0.15, 0.2) is 12.4 Å². The van der Waals surface area contributed by atoms with Crippen molar-refractivity contribution in [3.8, 4) is 0 Å². The summed E-state index contributed by atoms with van der Waals surface area (Å²) in [7, 11) is 0. The van der Waals surface area contributed by atoms with Crippen LogP contribution in [0.3, 0.4) is 0 Å². The van der Waals surface area contributed by atoms with Crippen LogP contribution in [-0.2, 0) is 4.79 Å². The molecule has 3 rings (SSSR count). The second kappa shape index (κ2) is 7.42. The zero-order valence-electron chi connectivity index (χ0n) is 12.8. The molecule has 1 aliphatic rings. The molecular weight excluding hydrogens is 354 g/mol. The van der Waals surface area contributed by atoms with Gasteiger partial charge in [0.25, 0.3) is 0 Å². The van der Waals surface area contributed by atoms with Gasteiger partial charge in [-0.1, -0.05) is 28.1 Å². The normalized spacial score (nSPS) is 15.2. The number of benzene rings is 1. The Kier molecular flexibility index (Phi) is 5.08. The Balaban J connectivity index is 1.55. The molecular formula is C18H19BrN3O+. The molecule has 118 valence electrons. The van der Waals surface area contributed by atoms with E-state index in [1.54, 1.807) is 6.08 Å². The lowest BCUT2D eigenvalue weighted by Crippen LogP contribution is -2.48. The van der Waals surface area contributed by atoms with Gasteiger partial charge in [-0.05, 0) is 23.8 Å². The molecule has 0 unspecified atom stereocenters. The minimum atomic E-state index is 0.0777. The second-order valence-corrected chi connectivity index (χ2v) is 6.37. The first-order chi connectivity index (χ1) is 11.2. The maximum Gasteiger partial charge on any atom is 0.246 e. The van der Waals surface area contributed by atoms with E-state index >= 15 is 0 Å². The summed E-state index contributed by atoms with van der Waals surface area (Å²) in [6, 6.07) is 12.0. The molecule has 1 aromatic heterocycles. The highest BCUT2D eigenvalue weighted by molar-refractivity contribution is 9.10. The van der Waals surface area contributed by atoms with Crippen molar-refractivity contribution >= 4 is 33.6 Å². The van der Waals surface area contributed by atoms with Crippen molar-refractivity contribution in [3.63, 3.8) is 0 Å². The lowest BCUT2D eigenvalue weighted by molar-refractivity contribution is -0.377. The van der Waals surface area contributed by atoms with Crippen LogP contribution in [-0.4, -0.2) is 37.0 Å². The van der Waals surface area contributed by atoms with Crippen molar-refractivity contribution in [2.24, 2.45) is 0 Å². The number of piperazine rings is 1. The summed E-state index contributed by atoms with van der Waals surface area (Å²) in [4.78, 5) is 19.5. The molecule has 1 N–H and O–H groups in total. The summed E-state index contributed by atoms with van der Waals surface area (Å²) in [5, 5.41) is 0. The molecule has 1 amide bonds. The minimum Gasteiger partial charge on any atom is -0.368 e. The van der Waals surface area contributed by atoms with Gasteiger partial charge in [0.05, 0.1) is 0 Å². The number of carbonyl (C=O) groups is 1. The number of hydrogen-bond donors (Lipinski definition) is 0. The Morgan fingerprint density at radius 3 is 2.30 bits per heavy atom. The Hall–Kier alpha value is -2.14. The minimum absolute atomic E-state index is 0.0777. The van der Waals surface area contributed by atoms with Crippen LogP contribution >= 0.6 is 15.9 Å². The molecule has 2 heterocycles. The predicted octanol–water partition coefficient (Wildman–Crippen LogP) is 2.63. The fourth-order valence-electron chi connectivity index (χ4n) is 2.62. The number of anilines is 1. The standard InChI is InChI=1S/C18H18BrN3O/c19-16-4-1-15(2-5-16)3-6-18(23)22-13-11-21(12-14-22)17-7-9-20-10-8-17/h1-10H,11-14H2/p+1/b6-3+. The molecule has 1 aromatic carbocycles. The molecule has 1 saturated heterocycles. The average molecular weight is 373 g/mol. The van der Waals surface area contributed by atoms with E-state index in [1.807, 2.05) is 47.6 Å². The summed E-state index contributed by atoms with van der Waals surface area (Å²) in [5.74, 6) is 0.0777. The summed E-state index contributed by atoms with van der Waals surface area (Å²) in [5.41, 5.74) is 2.22. The van der Waals surface area contributed by atoms with Crippen LogP contribution in [0.25, 0.3) is 6.08 Å². The maximum atomic E-state index is 12.3. The molecule has 0 spiro atoms. The van der Waals surface area contributed by atoms with Crippen LogP contribution in [0.4, 0.5) is 5.69 Å². The largest absolute Gasteiger partial charge is 0.368 e. The number of aromatic amines is 1. The van der Waals surface area contributed by atoms with Crippen LogP contribution in [0.2, 0.25) is 0 Å². The molecule has 1 fully saturated rings. The van der Waals surface area contributed by atoms with E-state index in [0.29, 0.717) is 0 Å². The number of carbonyl (C=O) groups excluding carboxylic acids is 1. The van der Waals surface area contributed by atoms with Crippen LogP contribution in [0.15, 0.2) is 59.3 Å². The lowest BCUT2D eigenvalue weighted by atomic mass is 10.2. The molecule has 0 aliphatic carbocycles. The molecule has 23 heavy (non-hydrogen) atoms. The number of aromatic nitrogens is 1. The second-order valence-electron chi connectivity index (χ2n) is 5.46. The maximum absolute atomic E-state index is 12.3. The van der Waals surface area contributed by atoms with Crippen molar-refractivity contribution in [2.45, 2.75) is 0 Å². The van der Waals surface area contributed by atoms with Crippen LogP contribution < -0.4 is 9.88 Å². The zero-order valence-corrected chi connectivity index (χ0v) is 14.4. The molecule has 0 saturated carbocycles. The van der Waals surface area contributed by atoms with Gasteiger partial charge in [0.2, 0.25) is 5.91 Å². The first-order valence-corrected chi connectivity index (χ1v) is 8.45. The Morgan fingerprint density at radius 1 is 1.00 bits per heavy atom. The van der Waals surface area contributed by atoms with Crippen molar-refractivity contribution in [1.82, 2.24) is 4.90 Å². The first-order valence-electron chi connectivity index (χ1n) is 7.66. The molecule has 0 radical (unpaired) electrons. The average Bonchev–Trinajstić information content (AvgIpc) is 2.62. The van der Waals surface area contributed by atoms with Gasteiger partial charge in [-0.25, -0.2) is 4.98 Å². The van der Waals surface area contributed by atoms with E-state index in [1.165, 1.54) is 5.69 Å². The van der Waals surface area contributed by atoms with Crippen LogP contribution in [0, 0.1) is 0 Å². The zero-order chi connectivity index (χ0) is 16.1.